The van der Waals surface area contributed by atoms with E-state index in [1.807, 2.05) is 13.8 Å². The minimum atomic E-state index is -1.53. The molecule has 1 fully saturated rings. The predicted octanol–water partition coefficient (Wildman–Crippen LogP) is -2.02. The average molecular weight is 580 g/mol. The van der Waals surface area contributed by atoms with Gasteiger partial charge in [-0.1, -0.05) is 55.9 Å². The largest absolute Gasteiger partial charge is 0.394 e. The van der Waals surface area contributed by atoms with Gasteiger partial charge in [0.25, 0.3) is 0 Å². The van der Waals surface area contributed by atoms with Crippen molar-refractivity contribution in [2.24, 2.45) is 5.92 Å². The lowest BCUT2D eigenvalue weighted by atomic mass is 10.0. The van der Waals surface area contributed by atoms with Crippen LogP contribution in [0.2, 0.25) is 0 Å². The Labute approximate surface area is 236 Å². The number of nitrogens with one attached hydrogen (secondary N) is 5. The lowest BCUT2D eigenvalue weighted by molar-refractivity contribution is -0.136. The monoisotopic (exact) mass is 579 g/mol. The zero-order valence-electron chi connectivity index (χ0n) is 22.6. The molecule has 0 aliphatic carbocycles. The summed E-state index contributed by atoms with van der Waals surface area (Å²) in [7, 11) is 0. The summed E-state index contributed by atoms with van der Waals surface area (Å²) in [5.41, 5.74) is 0.755. The molecule has 0 aromatic heterocycles. The van der Waals surface area contributed by atoms with Gasteiger partial charge in [0.2, 0.25) is 34.7 Å². The van der Waals surface area contributed by atoms with Gasteiger partial charge in [-0.3, -0.25) is 28.8 Å². The molecule has 14 heteroatoms. The number of aliphatic hydroxyl groups excluding tert-OH is 2. The molecule has 1 saturated heterocycles. The summed E-state index contributed by atoms with van der Waals surface area (Å²) < 4.78 is 0. The van der Waals surface area contributed by atoms with Gasteiger partial charge in [0.05, 0.1) is 13.2 Å². The molecule has 0 radical (unpaired) electrons. The van der Waals surface area contributed by atoms with Crippen molar-refractivity contribution >= 4 is 46.4 Å². The third-order valence-electron chi connectivity index (χ3n) is 5.94. The Morgan fingerprint density at radius 2 is 1.35 bits per heavy atom. The highest BCUT2D eigenvalue weighted by Crippen LogP contribution is 2.15. The van der Waals surface area contributed by atoms with Crippen LogP contribution in [-0.4, -0.2) is 94.0 Å². The van der Waals surface area contributed by atoms with E-state index in [-0.39, 0.29) is 24.5 Å². The zero-order chi connectivity index (χ0) is 29.8. The van der Waals surface area contributed by atoms with Crippen LogP contribution in [-0.2, 0) is 35.2 Å². The van der Waals surface area contributed by atoms with Crippen LogP contribution in [0, 0.1) is 5.92 Å². The molecule has 2 rings (SSSR count). The number of benzene rings is 1. The Morgan fingerprint density at radius 3 is 1.88 bits per heavy atom. The fourth-order valence-corrected chi connectivity index (χ4v) is 4.83. The highest BCUT2D eigenvalue weighted by Gasteiger charge is 2.34. The van der Waals surface area contributed by atoms with Gasteiger partial charge in [-0.15, -0.1) is 0 Å². The topological polar surface area (TPSA) is 203 Å². The molecule has 1 aliphatic heterocycles. The molecule has 1 aliphatic rings. The van der Waals surface area contributed by atoms with Crippen LogP contribution in [0.4, 0.5) is 0 Å². The van der Waals surface area contributed by atoms with E-state index < -0.39 is 78.1 Å². The maximum absolute atomic E-state index is 13.4. The molecule has 0 saturated carbocycles. The molecule has 5 atom stereocenters. The van der Waals surface area contributed by atoms with Crippen molar-refractivity contribution in [1.82, 2.24) is 26.6 Å². The third-order valence-corrected chi connectivity index (χ3v) is 7.01. The predicted molar refractivity (Wildman–Crippen MR) is 147 cm³/mol. The summed E-state index contributed by atoms with van der Waals surface area (Å²) >= 11 is 0.712. The summed E-state index contributed by atoms with van der Waals surface area (Å²) in [5.74, 6) is -4.20. The molecule has 13 nitrogen and oxygen atoms in total. The first-order valence-corrected chi connectivity index (χ1v) is 13.8. The van der Waals surface area contributed by atoms with Crippen molar-refractivity contribution in [3.05, 3.63) is 35.9 Å². The Hall–Kier alpha value is -3.49. The van der Waals surface area contributed by atoms with E-state index in [1.165, 1.54) is 6.92 Å². The second-order valence-electron chi connectivity index (χ2n) is 9.81. The average Bonchev–Trinajstić information content (AvgIpc) is 2.90. The molecule has 1 aromatic carbocycles. The first kappa shape index (κ1) is 32.7. The first-order chi connectivity index (χ1) is 18.9. The summed E-state index contributed by atoms with van der Waals surface area (Å²) in [5, 5.41) is 31.2. The Balaban J connectivity index is 2.47. The first-order valence-electron chi connectivity index (χ1n) is 12.9. The molecule has 220 valence electrons. The second kappa shape index (κ2) is 15.9. The summed E-state index contributed by atoms with van der Waals surface area (Å²) in [6, 6.07) is 2.51. The number of carbonyl (C=O) groups excluding carboxylic acids is 6. The molecule has 1 aromatic rings. The molecule has 1 heterocycles. The second-order valence-corrected chi connectivity index (χ2v) is 10.8. The number of rotatable bonds is 7. The van der Waals surface area contributed by atoms with Gasteiger partial charge in [-0.2, -0.15) is 0 Å². The van der Waals surface area contributed by atoms with Crippen molar-refractivity contribution in [2.75, 3.05) is 19.0 Å². The van der Waals surface area contributed by atoms with E-state index >= 15 is 0 Å². The van der Waals surface area contributed by atoms with Gasteiger partial charge in [0.1, 0.15) is 30.2 Å². The number of thioether (sulfide) groups is 1. The molecule has 0 spiro atoms. The van der Waals surface area contributed by atoms with E-state index in [0.29, 0.717) is 11.8 Å². The van der Waals surface area contributed by atoms with Crippen LogP contribution < -0.4 is 26.6 Å². The van der Waals surface area contributed by atoms with Gasteiger partial charge in [-0.05, 0) is 17.9 Å². The van der Waals surface area contributed by atoms with Crippen LogP contribution in [0.1, 0.15) is 32.8 Å². The quantitative estimate of drug-likeness (QED) is 0.190. The van der Waals surface area contributed by atoms with Crippen LogP contribution in [0.3, 0.4) is 0 Å². The molecule has 0 bridgehead atoms. The van der Waals surface area contributed by atoms with Gasteiger partial charge < -0.3 is 36.8 Å². The Bertz CT molecular complexity index is 1070. The van der Waals surface area contributed by atoms with E-state index in [4.69, 9.17) is 0 Å². The lowest BCUT2D eigenvalue weighted by Crippen LogP contribution is -2.61. The fraction of sp³-hybridized carbons (Fsp3) is 0.538. The number of hydrogen-bond acceptors (Lipinski definition) is 9. The highest BCUT2D eigenvalue weighted by atomic mass is 32.2. The SMILES string of the molecule is CC(=O)N[C@H]1CSC(=O)C(Cc2ccccc2)NC(=O)C(CC(C)C)NC(=O)[C@H](CO)NC(=O)C(CO)NC1=O. The normalized spacial score (nSPS) is 25.4. The number of carbonyl (C=O) groups is 6. The minimum Gasteiger partial charge on any atom is -0.394 e. The molecular formula is C26H37N5O8S. The highest BCUT2D eigenvalue weighted by molar-refractivity contribution is 8.13. The van der Waals surface area contributed by atoms with Crippen molar-refractivity contribution in [3.63, 3.8) is 0 Å². The van der Waals surface area contributed by atoms with E-state index in [0.717, 1.165) is 5.56 Å². The smallest absolute Gasteiger partial charge is 0.245 e. The summed E-state index contributed by atoms with van der Waals surface area (Å²) in [6.45, 7) is 3.16. The summed E-state index contributed by atoms with van der Waals surface area (Å²) in [6.07, 6.45) is 0.322. The maximum Gasteiger partial charge on any atom is 0.245 e. The number of aliphatic hydroxyl groups is 2. The van der Waals surface area contributed by atoms with Crippen molar-refractivity contribution in [2.45, 2.75) is 63.8 Å². The van der Waals surface area contributed by atoms with Crippen molar-refractivity contribution in [1.29, 1.82) is 0 Å². The van der Waals surface area contributed by atoms with Crippen LogP contribution in [0.15, 0.2) is 30.3 Å². The lowest BCUT2D eigenvalue weighted by Gasteiger charge is -2.27. The molecule has 7 N–H and O–H groups in total. The third kappa shape index (κ3) is 10.2. The van der Waals surface area contributed by atoms with E-state index in [9.17, 15) is 39.0 Å². The van der Waals surface area contributed by atoms with Crippen molar-refractivity contribution < 1.29 is 39.0 Å². The Morgan fingerprint density at radius 1 is 0.850 bits per heavy atom. The number of amides is 5. The molecule has 3 unspecified atom stereocenters. The minimum absolute atomic E-state index is 0.0474. The van der Waals surface area contributed by atoms with Crippen LogP contribution in [0.25, 0.3) is 0 Å². The van der Waals surface area contributed by atoms with E-state index in [2.05, 4.69) is 26.6 Å². The van der Waals surface area contributed by atoms with Crippen LogP contribution in [0.5, 0.6) is 0 Å². The molecule has 5 amide bonds. The van der Waals surface area contributed by atoms with E-state index in [1.54, 1.807) is 30.3 Å². The summed E-state index contributed by atoms with van der Waals surface area (Å²) in [4.78, 5) is 77.0. The Kier molecular flexibility index (Phi) is 13.0. The van der Waals surface area contributed by atoms with Gasteiger partial charge in [-0.25, -0.2) is 0 Å². The van der Waals surface area contributed by atoms with Gasteiger partial charge in [0, 0.05) is 19.1 Å². The standard InChI is InChI=1S/C26H37N5O8S/c1-14(2)9-17-22(35)29-18(10-16-7-5-4-6-8-16)26(39)40-13-21(27-15(3)34)25(38)31-20(12-33)24(37)30-19(11-32)23(36)28-17/h4-8,14,17-21,32-33H,9-13H2,1-3H3,(H,27,34)(H,28,36)(H,29,35)(H,30,37)(H,31,38)/t17?,18?,19-,20?,21-/m0/s1. The zero-order valence-corrected chi connectivity index (χ0v) is 23.5. The van der Waals surface area contributed by atoms with Gasteiger partial charge >= 0.3 is 0 Å². The van der Waals surface area contributed by atoms with Crippen LogP contribution >= 0.6 is 11.8 Å². The maximum atomic E-state index is 13.4. The van der Waals surface area contributed by atoms with Crippen molar-refractivity contribution in [3.8, 4) is 0 Å². The fourth-order valence-electron chi connectivity index (χ4n) is 3.92. The molecule has 40 heavy (non-hydrogen) atoms. The molecular weight excluding hydrogens is 542 g/mol. The van der Waals surface area contributed by atoms with Gasteiger partial charge in [0.15, 0.2) is 0 Å². The number of hydrogen-bond donors (Lipinski definition) is 7.